The largest absolute Gasteiger partial charge is 0.478 e. The van der Waals surface area contributed by atoms with Crippen LogP contribution in [0.4, 0.5) is 0 Å². The Bertz CT molecular complexity index is 1120. The Morgan fingerprint density at radius 3 is 2.88 bits per heavy atom. The highest BCUT2D eigenvalue weighted by Crippen LogP contribution is 2.41. The lowest BCUT2D eigenvalue weighted by molar-refractivity contribution is 0.0697. The molecule has 0 saturated carbocycles. The number of aromatic carboxylic acids is 1. The summed E-state index contributed by atoms with van der Waals surface area (Å²) in [4.78, 5) is 18.0. The predicted octanol–water partition coefficient (Wildman–Crippen LogP) is 4.70. The number of hydrogen-bond donors (Lipinski definition) is 2. The van der Waals surface area contributed by atoms with Crippen LogP contribution >= 0.6 is 23.8 Å². The van der Waals surface area contributed by atoms with Crippen LogP contribution in [0.3, 0.4) is 0 Å². The third-order valence-electron chi connectivity index (χ3n) is 5.34. The second kappa shape index (κ2) is 9.68. The molecule has 2 aromatic heterocycles. The first kappa shape index (κ1) is 22.3. The molecule has 4 rings (SSSR count). The highest BCUT2D eigenvalue weighted by Gasteiger charge is 2.41. The minimum Gasteiger partial charge on any atom is -0.478 e. The summed E-state index contributed by atoms with van der Waals surface area (Å²) < 4.78 is 11.4. The number of benzene rings is 1. The standard InChI is InChI=1S/C23H22ClN3O4S/c1-30-12-4-11-27-21(20(26-23(27)32)17-5-2-3-10-25-17)19-9-8-18(31-19)15-13-14(22(28)29)6-7-16(15)24/h2-3,5-10,13,20-21H,4,11-12H2,1H3,(H,26,32)(H,28,29)/t20-,21+/m0/s1. The van der Waals surface area contributed by atoms with E-state index in [0.29, 0.717) is 40.4 Å². The number of carboxylic acids is 1. The van der Waals surface area contributed by atoms with Crippen molar-refractivity contribution in [2.45, 2.75) is 18.5 Å². The van der Waals surface area contributed by atoms with Gasteiger partial charge in [-0.2, -0.15) is 0 Å². The van der Waals surface area contributed by atoms with Crippen molar-refractivity contribution in [3.63, 3.8) is 0 Å². The summed E-state index contributed by atoms with van der Waals surface area (Å²) >= 11 is 12.0. The average Bonchev–Trinajstić information content (AvgIpc) is 3.39. The molecule has 1 aliphatic heterocycles. The van der Waals surface area contributed by atoms with Crippen LogP contribution < -0.4 is 5.32 Å². The molecule has 0 spiro atoms. The third kappa shape index (κ3) is 4.48. The van der Waals surface area contributed by atoms with Gasteiger partial charge in [-0.3, -0.25) is 4.98 Å². The van der Waals surface area contributed by atoms with Crippen molar-refractivity contribution in [1.82, 2.24) is 15.2 Å². The number of rotatable bonds is 8. The van der Waals surface area contributed by atoms with E-state index in [9.17, 15) is 9.90 Å². The number of nitrogens with one attached hydrogen (secondary N) is 1. The molecular weight excluding hydrogens is 450 g/mol. The quantitative estimate of drug-likeness (QED) is 0.361. The maximum atomic E-state index is 11.4. The van der Waals surface area contributed by atoms with Crippen LogP contribution in [0.5, 0.6) is 0 Å². The molecule has 0 bridgehead atoms. The Hall–Kier alpha value is -2.94. The SMILES string of the molecule is COCCCN1C(=S)N[C@@H](c2ccccn2)[C@H]1c1ccc(-c2cc(C(=O)O)ccc2Cl)o1. The summed E-state index contributed by atoms with van der Waals surface area (Å²) in [6.45, 7) is 1.29. The summed E-state index contributed by atoms with van der Waals surface area (Å²) in [5.74, 6) is 0.138. The summed E-state index contributed by atoms with van der Waals surface area (Å²) in [5.41, 5.74) is 1.50. The van der Waals surface area contributed by atoms with Gasteiger partial charge in [0.15, 0.2) is 5.11 Å². The molecule has 0 aliphatic carbocycles. The number of carbonyl (C=O) groups is 1. The zero-order valence-corrected chi connectivity index (χ0v) is 18.9. The smallest absolute Gasteiger partial charge is 0.335 e. The van der Waals surface area contributed by atoms with E-state index in [2.05, 4.69) is 15.2 Å². The lowest BCUT2D eigenvalue weighted by atomic mass is 10.0. The number of furan rings is 1. The number of pyridine rings is 1. The van der Waals surface area contributed by atoms with Crippen LogP contribution in [-0.4, -0.2) is 46.3 Å². The van der Waals surface area contributed by atoms with E-state index in [4.69, 9.17) is 33.0 Å². The number of carboxylic acid groups (broad SMARTS) is 1. The first-order valence-electron chi connectivity index (χ1n) is 10.1. The molecule has 1 fully saturated rings. The van der Waals surface area contributed by atoms with Gasteiger partial charge in [-0.1, -0.05) is 17.7 Å². The van der Waals surface area contributed by atoms with Gasteiger partial charge < -0.3 is 24.5 Å². The summed E-state index contributed by atoms with van der Waals surface area (Å²) in [6, 6.07) is 13.5. The minimum absolute atomic E-state index is 0.138. The van der Waals surface area contributed by atoms with Gasteiger partial charge in [-0.05, 0) is 61.1 Å². The molecule has 2 atom stereocenters. The van der Waals surface area contributed by atoms with Gasteiger partial charge in [0.25, 0.3) is 0 Å². The molecule has 1 saturated heterocycles. The molecule has 1 aliphatic rings. The van der Waals surface area contributed by atoms with Crippen molar-refractivity contribution in [3.8, 4) is 11.3 Å². The van der Waals surface area contributed by atoms with E-state index < -0.39 is 5.97 Å². The van der Waals surface area contributed by atoms with Gasteiger partial charge in [-0.25, -0.2) is 4.79 Å². The Labute approximate surface area is 196 Å². The van der Waals surface area contributed by atoms with Gasteiger partial charge in [0, 0.05) is 32.0 Å². The van der Waals surface area contributed by atoms with Crippen molar-refractivity contribution in [3.05, 3.63) is 76.8 Å². The molecule has 0 radical (unpaired) electrons. The number of halogens is 1. The fraction of sp³-hybridized carbons (Fsp3) is 0.261. The molecule has 32 heavy (non-hydrogen) atoms. The normalized spacial score (nSPS) is 18.1. The van der Waals surface area contributed by atoms with E-state index in [1.165, 1.54) is 12.1 Å². The molecule has 166 valence electrons. The number of nitrogens with zero attached hydrogens (tertiary/aromatic N) is 2. The number of thiocarbonyl (C=S) groups is 1. The molecule has 9 heteroatoms. The second-order valence-corrected chi connectivity index (χ2v) is 8.16. The van der Waals surface area contributed by atoms with E-state index in [-0.39, 0.29) is 17.6 Å². The van der Waals surface area contributed by atoms with E-state index in [1.54, 1.807) is 25.4 Å². The van der Waals surface area contributed by atoms with Crippen LogP contribution in [0.1, 0.15) is 40.3 Å². The number of aromatic nitrogens is 1. The van der Waals surface area contributed by atoms with Crippen molar-refractivity contribution in [2.75, 3.05) is 20.3 Å². The molecule has 0 amide bonds. The fourth-order valence-corrected chi connectivity index (χ4v) is 4.38. The van der Waals surface area contributed by atoms with Crippen LogP contribution in [-0.2, 0) is 4.74 Å². The first-order valence-corrected chi connectivity index (χ1v) is 10.9. The zero-order valence-electron chi connectivity index (χ0n) is 17.3. The van der Waals surface area contributed by atoms with Crippen LogP contribution in [0, 0.1) is 0 Å². The maximum Gasteiger partial charge on any atom is 0.335 e. The molecule has 1 aromatic carbocycles. The van der Waals surface area contributed by atoms with E-state index >= 15 is 0 Å². The highest BCUT2D eigenvalue weighted by atomic mass is 35.5. The topological polar surface area (TPSA) is 87.8 Å². The summed E-state index contributed by atoms with van der Waals surface area (Å²) in [5, 5.41) is 13.7. The monoisotopic (exact) mass is 471 g/mol. The summed E-state index contributed by atoms with van der Waals surface area (Å²) in [7, 11) is 1.67. The predicted molar refractivity (Wildman–Crippen MR) is 125 cm³/mol. The minimum atomic E-state index is -1.03. The van der Waals surface area contributed by atoms with Crippen molar-refractivity contribution in [2.24, 2.45) is 0 Å². The molecule has 3 heterocycles. The first-order chi connectivity index (χ1) is 15.5. The molecule has 7 nitrogen and oxygen atoms in total. The van der Waals surface area contributed by atoms with E-state index in [1.807, 2.05) is 24.3 Å². The fourth-order valence-electron chi connectivity index (χ4n) is 3.84. The summed E-state index contributed by atoms with van der Waals surface area (Å²) in [6.07, 6.45) is 2.54. The van der Waals surface area contributed by atoms with Gasteiger partial charge in [-0.15, -0.1) is 0 Å². The number of hydrogen-bond acceptors (Lipinski definition) is 5. The Kier molecular flexibility index (Phi) is 6.74. The third-order valence-corrected chi connectivity index (χ3v) is 6.02. The number of methoxy groups -OCH3 is 1. The Balaban J connectivity index is 1.71. The van der Waals surface area contributed by atoms with Crippen LogP contribution in [0.25, 0.3) is 11.3 Å². The van der Waals surface area contributed by atoms with Gasteiger partial charge >= 0.3 is 5.97 Å². The van der Waals surface area contributed by atoms with Crippen LogP contribution in [0.2, 0.25) is 5.02 Å². The Morgan fingerprint density at radius 1 is 1.31 bits per heavy atom. The number of ether oxygens (including phenoxy) is 1. The van der Waals surface area contributed by atoms with Crippen molar-refractivity contribution >= 4 is 34.9 Å². The van der Waals surface area contributed by atoms with Crippen molar-refractivity contribution in [1.29, 1.82) is 0 Å². The van der Waals surface area contributed by atoms with Crippen molar-refractivity contribution < 1.29 is 19.1 Å². The van der Waals surface area contributed by atoms with E-state index in [0.717, 1.165) is 12.1 Å². The second-order valence-electron chi connectivity index (χ2n) is 7.37. The zero-order chi connectivity index (χ0) is 22.7. The molecular formula is C23H22ClN3O4S. The van der Waals surface area contributed by atoms with Gasteiger partial charge in [0.2, 0.25) is 0 Å². The highest BCUT2D eigenvalue weighted by molar-refractivity contribution is 7.80. The molecule has 3 aromatic rings. The van der Waals surface area contributed by atoms with Crippen LogP contribution in [0.15, 0.2) is 59.1 Å². The van der Waals surface area contributed by atoms with Gasteiger partial charge in [0.05, 0.1) is 22.3 Å². The average molecular weight is 472 g/mol. The molecule has 0 unspecified atom stereocenters. The lowest BCUT2D eigenvalue weighted by Gasteiger charge is -2.26. The Morgan fingerprint density at radius 2 is 2.16 bits per heavy atom. The maximum absolute atomic E-state index is 11.4. The molecule has 2 N–H and O–H groups in total. The van der Waals surface area contributed by atoms with Gasteiger partial charge in [0.1, 0.15) is 17.6 Å². The lowest BCUT2D eigenvalue weighted by Crippen LogP contribution is -2.31.